The van der Waals surface area contributed by atoms with Crippen LogP contribution < -0.4 is 16.8 Å². The molecule has 2 aromatic carbocycles. The lowest BCUT2D eigenvalue weighted by molar-refractivity contribution is 0.100. The number of carbonyl (C=O) groups is 1. The maximum atomic E-state index is 11.6. The fourth-order valence-electron chi connectivity index (χ4n) is 2.30. The molecule has 0 radical (unpaired) electrons. The van der Waals surface area contributed by atoms with Crippen molar-refractivity contribution in [1.82, 2.24) is 0 Å². The Bertz CT molecular complexity index is 672. The highest BCUT2D eigenvalue weighted by Crippen LogP contribution is 2.34. The van der Waals surface area contributed by atoms with Gasteiger partial charge in [0.1, 0.15) is 0 Å². The third-order valence-electron chi connectivity index (χ3n) is 3.36. The van der Waals surface area contributed by atoms with E-state index in [2.05, 4.69) is 32.2 Å². The van der Waals surface area contributed by atoms with Gasteiger partial charge in [-0.05, 0) is 29.2 Å². The van der Waals surface area contributed by atoms with Gasteiger partial charge in [0.2, 0.25) is 0 Å². The van der Waals surface area contributed by atoms with E-state index in [4.69, 9.17) is 11.5 Å². The number of carbonyl (C=O) groups excluding carboxylic acids is 1. The number of anilines is 3. The molecule has 2 rings (SSSR count). The lowest BCUT2D eigenvalue weighted by atomic mass is 9.85. The van der Waals surface area contributed by atoms with Gasteiger partial charge in [-0.1, -0.05) is 45.0 Å². The van der Waals surface area contributed by atoms with Gasteiger partial charge in [-0.15, -0.1) is 0 Å². The van der Waals surface area contributed by atoms with Crippen LogP contribution in [0, 0.1) is 0 Å². The van der Waals surface area contributed by atoms with Gasteiger partial charge in [0, 0.05) is 5.69 Å². The summed E-state index contributed by atoms with van der Waals surface area (Å²) in [6.07, 6.45) is 0. The van der Waals surface area contributed by atoms with E-state index in [1.807, 2.05) is 18.2 Å². The molecule has 0 aliphatic heterocycles. The first kappa shape index (κ1) is 14.9. The zero-order valence-corrected chi connectivity index (χ0v) is 12.6. The molecule has 0 spiro atoms. The summed E-state index contributed by atoms with van der Waals surface area (Å²) in [5.74, 6) is -0.502. The van der Waals surface area contributed by atoms with Crippen LogP contribution in [0.1, 0.15) is 36.7 Å². The minimum absolute atomic E-state index is 0.0278. The van der Waals surface area contributed by atoms with Crippen LogP contribution in [0.5, 0.6) is 0 Å². The number of hydrogen-bond donors (Lipinski definition) is 3. The summed E-state index contributed by atoms with van der Waals surface area (Å²) in [6, 6.07) is 13.1. The number of nitrogens with two attached hydrogens (primary N) is 2. The number of benzene rings is 2. The normalized spacial score (nSPS) is 11.2. The highest BCUT2D eigenvalue weighted by molar-refractivity contribution is 6.02. The molecular formula is C17H21N3O. The molecule has 2 aromatic rings. The van der Waals surface area contributed by atoms with E-state index in [0.29, 0.717) is 16.9 Å². The van der Waals surface area contributed by atoms with Gasteiger partial charge in [0.15, 0.2) is 0 Å². The van der Waals surface area contributed by atoms with Crippen molar-refractivity contribution in [2.75, 3.05) is 11.1 Å². The molecule has 0 unspecified atom stereocenters. The second-order valence-electron chi connectivity index (χ2n) is 6.05. The van der Waals surface area contributed by atoms with Crippen LogP contribution in [0.3, 0.4) is 0 Å². The highest BCUT2D eigenvalue weighted by Gasteiger charge is 2.19. The van der Waals surface area contributed by atoms with Crippen LogP contribution in [0.2, 0.25) is 0 Å². The minimum Gasteiger partial charge on any atom is -0.397 e. The Kier molecular flexibility index (Phi) is 3.89. The van der Waals surface area contributed by atoms with E-state index < -0.39 is 5.91 Å². The topological polar surface area (TPSA) is 81.1 Å². The van der Waals surface area contributed by atoms with Gasteiger partial charge in [0.25, 0.3) is 5.91 Å². The lowest BCUT2D eigenvalue weighted by Gasteiger charge is -2.24. The van der Waals surface area contributed by atoms with E-state index in [0.717, 1.165) is 11.3 Å². The summed E-state index contributed by atoms with van der Waals surface area (Å²) in [7, 11) is 0. The maximum absolute atomic E-state index is 11.6. The van der Waals surface area contributed by atoms with Crippen LogP contribution in [0.4, 0.5) is 17.1 Å². The predicted molar refractivity (Wildman–Crippen MR) is 87.8 cm³/mol. The number of primary amides is 1. The summed E-state index contributed by atoms with van der Waals surface area (Å²) in [5.41, 5.74) is 14.9. The number of amides is 1. The molecule has 0 heterocycles. The Hall–Kier alpha value is -2.49. The molecule has 0 aliphatic rings. The first-order valence-corrected chi connectivity index (χ1v) is 6.85. The van der Waals surface area contributed by atoms with Crippen LogP contribution >= 0.6 is 0 Å². The third-order valence-corrected chi connectivity index (χ3v) is 3.36. The van der Waals surface area contributed by atoms with Crippen molar-refractivity contribution in [2.24, 2.45) is 5.73 Å². The van der Waals surface area contributed by atoms with Gasteiger partial charge in [0.05, 0.1) is 16.9 Å². The van der Waals surface area contributed by atoms with Crippen molar-refractivity contribution in [1.29, 1.82) is 0 Å². The first-order valence-electron chi connectivity index (χ1n) is 6.85. The molecule has 0 atom stereocenters. The number of para-hydroxylation sites is 2. The average molecular weight is 283 g/mol. The standard InChI is InChI=1S/C17H21N3O/c1-17(2,3)12-8-4-5-10-14(12)20-15-11(16(19)21)7-6-9-13(15)18/h4-10,20H,18H2,1-3H3,(H2,19,21). The molecule has 0 fully saturated rings. The summed E-state index contributed by atoms with van der Waals surface area (Å²) in [6.45, 7) is 6.41. The van der Waals surface area contributed by atoms with Gasteiger partial charge >= 0.3 is 0 Å². The largest absolute Gasteiger partial charge is 0.397 e. The summed E-state index contributed by atoms with van der Waals surface area (Å²) in [5, 5.41) is 3.27. The monoisotopic (exact) mass is 283 g/mol. The molecule has 0 bridgehead atoms. The number of nitrogens with one attached hydrogen (secondary N) is 1. The van der Waals surface area contributed by atoms with Crippen LogP contribution in [-0.4, -0.2) is 5.91 Å². The van der Waals surface area contributed by atoms with E-state index in [9.17, 15) is 4.79 Å². The zero-order valence-electron chi connectivity index (χ0n) is 12.6. The highest BCUT2D eigenvalue weighted by atomic mass is 16.1. The fourth-order valence-corrected chi connectivity index (χ4v) is 2.30. The van der Waals surface area contributed by atoms with Crippen LogP contribution in [0.15, 0.2) is 42.5 Å². The molecule has 4 nitrogen and oxygen atoms in total. The predicted octanol–water partition coefficient (Wildman–Crippen LogP) is 3.41. The molecular weight excluding hydrogens is 262 g/mol. The van der Waals surface area contributed by atoms with Gasteiger partial charge < -0.3 is 16.8 Å². The smallest absolute Gasteiger partial charge is 0.250 e. The SMILES string of the molecule is CC(C)(C)c1ccccc1Nc1c(N)cccc1C(N)=O. The Morgan fingerprint density at radius 2 is 1.71 bits per heavy atom. The fraction of sp³-hybridized carbons (Fsp3) is 0.235. The van der Waals surface area contributed by atoms with Crippen molar-refractivity contribution in [3.05, 3.63) is 53.6 Å². The third kappa shape index (κ3) is 3.16. The van der Waals surface area contributed by atoms with Crippen molar-refractivity contribution in [2.45, 2.75) is 26.2 Å². The van der Waals surface area contributed by atoms with Gasteiger partial charge in [-0.25, -0.2) is 0 Å². The molecule has 110 valence electrons. The van der Waals surface area contributed by atoms with E-state index >= 15 is 0 Å². The van der Waals surface area contributed by atoms with Crippen molar-refractivity contribution in [3.63, 3.8) is 0 Å². The van der Waals surface area contributed by atoms with E-state index in [1.165, 1.54) is 0 Å². The molecule has 21 heavy (non-hydrogen) atoms. The van der Waals surface area contributed by atoms with Gasteiger partial charge in [-0.3, -0.25) is 4.79 Å². The minimum atomic E-state index is -0.502. The zero-order chi connectivity index (χ0) is 15.6. The number of hydrogen-bond acceptors (Lipinski definition) is 3. The van der Waals surface area contributed by atoms with Crippen molar-refractivity contribution in [3.8, 4) is 0 Å². The Balaban J connectivity index is 2.52. The summed E-state index contributed by atoms with van der Waals surface area (Å²) < 4.78 is 0. The maximum Gasteiger partial charge on any atom is 0.250 e. The van der Waals surface area contributed by atoms with Crippen molar-refractivity contribution < 1.29 is 4.79 Å². The molecule has 0 saturated carbocycles. The molecule has 0 aromatic heterocycles. The number of nitrogen functional groups attached to an aromatic ring is 1. The summed E-state index contributed by atoms with van der Waals surface area (Å²) >= 11 is 0. The summed E-state index contributed by atoms with van der Waals surface area (Å²) in [4.78, 5) is 11.6. The lowest BCUT2D eigenvalue weighted by Crippen LogP contribution is -2.17. The second-order valence-corrected chi connectivity index (χ2v) is 6.05. The van der Waals surface area contributed by atoms with E-state index in [-0.39, 0.29) is 5.41 Å². The Morgan fingerprint density at radius 1 is 1.05 bits per heavy atom. The van der Waals surface area contributed by atoms with E-state index in [1.54, 1.807) is 18.2 Å². The first-order chi connectivity index (χ1) is 9.80. The number of rotatable bonds is 3. The van der Waals surface area contributed by atoms with Gasteiger partial charge in [-0.2, -0.15) is 0 Å². The Morgan fingerprint density at radius 3 is 2.33 bits per heavy atom. The molecule has 1 amide bonds. The second kappa shape index (κ2) is 5.48. The quantitative estimate of drug-likeness (QED) is 0.755. The average Bonchev–Trinajstić information content (AvgIpc) is 2.40. The molecule has 5 N–H and O–H groups in total. The Labute approximate surface area is 125 Å². The van der Waals surface area contributed by atoms with Crippen molar-refractivity contribution >= 4 is 23.0 Å². The molecule has 0 aliphatic carbocycles. The molecule has 4 heteroatoms. The molecule has 0 saturated heterocycles. The van der Waals surface area contributed by atoms with Crippen LogP contribution in [0.25, 0.3) is 0 Å². The van der Waals surface area contributed by atoms with Crippen LogP contribution in [-0.2, 0) is 5.41 Å².